The molecule has 0 bridgehead atoms. The molecule has 1 amide bonds. The molecular weight excluding hydrogens is 272 g/mol. The summed E-state index contributed by atoms with van der Waals surface area (Å²) in [5.41, 5.74) is 0.276. The molecule has 1 N–H and O–H groups in total. The largest absolute Gasteiger partial charge is 0.352 e. The molecule has 1 aromatic rings. The molecule has 7 nitrogen and oxygen atoms in total. The Morgan fingerprint density at radius 1 is 1.43 bits per heavy atom. The van der Waals surface area contributed by atoms with Crippen LogP contribution in [0.5, 0.6) is 0 Å². The molecule has 0 aromatic carbocycles. The van der Waals surface area contributed by atoms with Crippen molar-refractivity contribution in [2.75, 3.05) is 0 Å². The second kappa shape index (κ2) is 6.69. The van der Waals surface area contributed by atoms with Gasteiger partial charge in [0.15, 0.2) is 0 Å². The first-order valence-corrected chi connectivity index (χ1v) is 7.49. The number of amides is 1. The van der Waals surface area contributed by atoms with Crippen LogP contribution in [-0.2, 0) is 4.79 Å². The molecule has 1 aliphatic rings. The van der Waals surface area contributed by atoms with Gasteiger partial charge in [-0.15, -0.1) is 0 Å². The Labute approximate surface area is 123 Å². The fourth-order valence-corrected chi connectivity index (χ4v) is 2.72. The first-order valence-electron chi connectivity index (χ1n) is 7.49. The molecule has 1 fully saturated rings. The van der Waals surface area contributed by atoms with E-state index < -0.39 is 11.0 Å². The average molecular weight is 294 g/mol. The zero-order valence-electron chi connectivity index (χ0n) is 12.5. The molecule has 116 valence electrons. The van der Waals surface area contributed by atoms with E-state index >= 15 is 0 Å². The van der Waals surface area contributed by atoms with Crippen molar-refractivity contribution in [2.45, 2.75) is 64.5 Å². The van der Waals surface area contributed by atoms with E-state index in [-0.39, 0.29) is 17.6 Å². The van der Waals surface area contributed by atoms with Gasteiger partial charge >= 0.3 is 5.69 Å². The number of carbonyl (C=O) groups is 1. The van der Waals surface area contributed by atoms with Crippen LogP contribution >= 0.6 is 0 Å². The van der Waals surface area contributed by atoms with E-state index in [1.807, 2.05) is 0 Å². The molecule has 1 aromatic heterocycles. The molecule has 21 heavy (non-hydrogen) atoms. The van der Waals surface area contributed by atoms with Crippen molar-refractivity contribution in [3.8, 4) is 0 Å². The highest BCUT2D eigenvalue weighted by atomic mass is 16.6. The Hall–Kier alpha value is -1.92. The lowest BCUT2D eigenvalue weighted by molar-refractivity contribution is -0.385. The van der Waals surface area contributed by atoms with Gasteiger partial charge in [0.25, 0.3) is 0 Å². The molecule has 1 unspecified atom stereocenters. The number of carbonyl (C=O) groups excluding carboxylic acids is 1. The Morgan fingerprint density at radius 2 is 2.05 bits per heavy atom. The molecule has 1 atom stereocenters. The lowest BCUT2D eigenvalue weighted by Gasteiger charge is -2.19. The van der Waals surface area contributed by atoms with Crippen LogP contribution in [0.3, 0.4) is 0 Å². The minimum atomic E-state index is -0.541. The average Bonchev–Trinajstić information content (AvgIpc) is 2.66. The number of aryl methyl sites for hydroxylation is 1. The highest BCUT2D eigenvalue weighted by Crippen LogP contribution is 2.20. The van der Waals surface area contributed by atoms with Gasteiger partial charge < -0.3 is 5.32 Å². The minimum Gasteiger partial charge on any atom is -0.352 e. The Morgan fingerprint density at radius 3 is 2.57 bits per heavy atom. The first-order chi connectivity index (χ1) is 9.99. The minimum absolute atomic E-state index is 0.0517. The monoisotopic (exact) mass is 294 g/mol. The van der Waals surface area contributed by atoms with Crippen molar-refractivity contribution in [3.05, 3.63) is 22.0 Å². The molecule has 0 radical (unpaired) electrons. The topological polar surface area (TPSA) is 90.1 Å². The quantitative estimate of drug-likeness (QED) is 0.525. The summed E-state index contributed by atoms with van der Waals surface area (Å²) < 4.78 is 1.37. The van der Waals surface area contributed by atoms with Gasteiger partial charge in [0, 0.05) is 6.04 Å². The van der Waals surface area contributed by atoms with Crippen LogP contribution in [-0.4, -0.2) is 26.7 Å². The summed E-state index contributed by atoms with van der Waals surface area (Å²) in [4.78, 5) is 22.6. The van der Waals surface area contributed by atoms with E-state index in [4.69, 9.17) is 0 Å². The summed E-state index contributed by atoms with van der Waals surface area (Å²) in [6.45, 7) is 3.28. The van der Waals surface area contributed by atoms with E-state index in [1.54, 1.807) is 13.8 Å². The molecule has 0 aliphatic heterocycles. The standard InChI is InChI=1S/C14H22N4O3/c1-10-13(18(20)21)9-17(16-10)11(2)14(19)15-12-7-5-3-4-6-8-12/h9,11-12H,3-8H2,1-2H3,(H,15,19). The second-order valence-corrected chi connectivity index (χ2v) is 5.71. The number of hydrogen-bond acceptors (Lipinski definition) is 4. The van der Waals surface area contributed by atoms with Crippen LogP contribution < -0.4 is 5.32 Å². The fraction of sp³-hybridized carbons (Fsp3) is 0.714. The van der Waals surface area contributed by atoms with Gasteiger partial charge in [0.05, 0.1) is 4.92 Å². The lowest BCUT2D eigenvalue weighted by atomic mass is 10.1. The summed E-state index contributed by atoms with van der Waals surface area (Å²) in [5, 5.41) is 18.0. The highest BCUT2D eigenvalue weighted by molar-refractivity contribution is 5.80. The van der Waals surface area contributed by atoms with E-state index in [1.165, 1.54) is 23.7 Å². The van der Waals surface area contributed by atoms with Gasteiger partial charge in [0.2, 0.25) is 5.91 Å². The van der Waals surface area contributed by atoms with Crippen LogP contribution in [0.15, 0.2) is 6.20 Å². The van der Waals surface area contributed by atoms with Gasteiger partial charge in [-0.25, -0.2) is 0 Å². The van der Waals surface area contributed by atoms with Crippen LogP contribution in [0.25, 0.3) is 0 Å². The van der Waals surface area contributed by atoms with Crippen LogP contribution in [0.2, 0.25) is 0 Å². The summed E-state index contributed by atoms with van der Waals surface area (Å²) in [6, 6.07) is -0.324. The second-order valence-electron chi connectivity index (χ2n) is 5.71. The van der Waals surface area contributed by atoms with Gasteiger partial charge in [0.1, 0.15) is 17.9 Å². The maximum atomic E-state index is 12.3. The summed E-state index contributed by atoms with van der Waals surface area (Å²) in [6.07, 6.45) is 8.09. The third-order valence-electron chi connectivity index (χ3n) is 4.07. The predicted molar refractivity (Wildman–Crippen MR) is 78.0 cm³/mol. The van der Waals surface area contributed by atoms with E-state index in [2.05, 4.69) is 10.4 Å². The number of nitrogens with zero attached hydrogens (tertiary/aromatic N) is 3. The predicted octanol–water partition coefficient (Wildman–Crippen LogP) is 2.50. The van der Waals surface area contributed by atoms with Gasteiger partial charge in [-0.1, -0.05) is 25.7 Å². The summed E-state index contributed by atoms with van der Waals surface area (Å²) >= 11 is 0. The molecule has 1 heterocycles. The Balaban J connectivity index is 2.01. The molecule has 0 spiro atoms. The van der Waals surface area contributed by atoms with E-state index in [0.717, 1.165) is 25.7 Å². The molecule has 7 heteroatoms. The van der Waals surface area contributed by atoms with Crippen molar-refractivity contribution in [2.24, 2.45) is 0 Å². The van der Waals surface area contributed by atoms with Gasteiger partial charge in [-0.05, 0) is 26.7 Å². The van der Waals surface area contributed by atoms with Crippen LogP contribution in [0.4, 0.5) is 5.69 Å². The van der Waals surface area contributed by atoms with Gasteiger partial charge in [-0.3, -0.25) is 19.6 Å². The molecule has 2 rings (SSSR count). The number of aromatic nitrogens is 2. The van der Waals surface area contributed by atoms with Crippen LogP contribution in [0.1, 0.15) is 57.2 Å². The third-order valence-corrected chi connectivity index (χ3v) is 4.07. The van der Waals surface area contributed by atoms with Crippen LogP contribution in [0, 0.1) is 17.0 Å². The third kappa shape index (κ3) is 3.80. The summed E-state index contributed by atoms with van der Waals surface area (Å²) in [5.74, 6) is -0.126. The maximum Gasteiger partial charge on any atom is 0.309 e. The molecular formula is C14H22N4O3. The Bertz CT molecular complexity index is 518. The number of nitro groups is 1. The van der Waals surface area contributed by atoms with Crippen molar-refractivity contribution < 1.29 is 9.72 Å². The number of rotatable bonds is 4. The SMILES string of the molecule is Cc1nn(C(C)C(=O)NC2CCCCCC2)cc1[N+](=O)[O-]. The Kier molecular flexibility index (Phi) is 4.93. The van der Waals surface area contributed by atoms with Gasteiger partial charge in [-0.2, -0.15) is 5.10 Å². The number of nitrogens with one attached hydrogen (secondary N) is 1. The first kappa shape index (κ1) is 15.5. The van der Waals surface area contributed by atoms with Crippen molar-refractivity contribution in [1.29, 1.82) is 0 Å². The lowest BCUT2D eigenvalue weighted by Crippen LogP contribution is -2.38. The highest BCUT2D eigenvalue weighted by Gasteiger charge is 2.24. The molecule has 1 saturated carbocycles. The van der Waals surface area contributed by atoms with E-state index in [0.29, 0.717) is 5.69 Å². The smallest absolute Gasteiger partial charge is 0.309 e. The van der Waals surface area contributed by atoms with Crippen molar-refractivity contribution in [1.82, 2.24) is 15.1 Å². The fourth-order valence-electron chi connectivity index (χ4n) is 2.72. The zero-order chi connectivity index (χ0) is 15.4. The zero-order valence-corrected chi connectivity index (χ0v) is 12.5. The van der Waals surface area contributed by atoms with E-state index in [9.17, 15) is 14.9 Å². The number of hydrogen-bond donors (Lipinski definition) is 1. The maximum absolute atomic E-state index is 12.3. The van der Waals surface area contributed by atoms with Crippen molar-refractivity contribution in [3.63, 3.8) is 0 Å². The molecule has 1 aliphatic carbocycles. The van der Waals surface area contributed by atoms with Crippen molar-refractivity contribution >= 4 is 11.6 Å². The summed E-state index contributed by atoms with van der Waals surface area (Å²) in [7, 11) is 0. The normalized spacial score (nSPS) is 18.0. The molecule has 0 saturated heterocycles.